The molecule has 2 aromatic heterocycles. The molecule has 0 aliphatic heterocycles. The zero-order chi connectivity index (χ0) is 10.1. The third-order valence-corrected chi connectivity index (χ3v) is 3.53. The number of rotatable bonds is 2. The van der Waals surface area contributed by atoms with E-state index in [1.54, 1.807) is 17.5 Å². The van der Waals surface area contributed by atoms with Crippen LogP contribution in [0.15, 0.2) is 21.4 Å². The minimum Gasteiger partial charge on any atom is -0.336 e. The number of aromatic nitrogens is 2. The van der Waals surface area contributed by atoms with Gasteiger partial charge in [-0.15, -0.1) is 0 Å². The van der Waals surface area contributed by atoms with Crippen LogP contribution in [0.5, 0.6) is 0 Å². The number of carbonyl (C=O) groups is 1. The second-order valence-corrected chi connectivity index (χ2v) is 4.43. The number of hydrogen-bond acceptors (Lipinski definition) is 3. The van der Waals surface area contributed by atoms with Gasteiger partial charge in [-0.3, -0.25) is 4.79 Å². The first-order chi connectivity index (χ1) is 6.68. The molecule has 1 N–H and O–H groups in total. The van der Waals surface area contributed by atoms with Gasteiger partial charge < -0.3 is 4.98 Å². The summed E-state index contributed by atoms with van der Waals surface area (Å²) in [6.45, 7) is 1.51. The average Bonchev–Trinajstić information content (AvgIpc) is 2.71. The molecule has 2 heterocycles. The molecular formula is C9H7BrN2OS. The van der Waals surface area contributed by atoms with Gasteiger partial charge in [0.15, 0.2) is 5.78 Å². The molecule has 0 unspecified atom stereocenters. The van der Waals surface area contributed by atoms with Crippen LogP contribution < -0.4 is 0 Å². The van der Waals surface area contributed by atoms with E-state index in [1.165, 1.54) is 6.92 Å². The number of H-pyrrole nitrogens is 1. The Kier molecular flexibility index (Phi) is 2.52. The van der Waals surface area contributed by atoms with Crippen LogP contribution in [0.25, 0.3) is 11.4 Å². The van der Waals surface area contributed by atoms with Gasteiger partial charge in [-0.2, -0.15) is 11.3 Å². The molecule has 0 saturated carbocycles. The van der Waals surface area contributed by atoms with E-state index in [1.807, 2.05) is 10.8 Å². The SMILES string of the molecule is CC(=O)c1cnc(-c2cscc2Br)[nH]1. The van der Waals surface area contributed by atoms with E-state index in [2.05, 4.69) is 25.9 Å². The van der Waals surface area contributed by atoms with Crippen LogP contribution in [0.2, 0.25) is 0 Å². The minimum absolute atomic E-state index is 0.00454. The molecule has 0 saturated heterocycles. The molecule has 72 valence electrons. The lowest BCUT2D eigenvalue weighted by atomic mass is 10.3. The summed E-state index contributed by atoms with van der Waals surface area (Å²) in [4.78, 5) is 18.1. The van der Waals surface area contributed by atoms with Crippen molar-refractivity contribution in [2.75, 3.05) is 0 Å². The lowest BCUT2D eigenvalue weighted by molar-refractivity contribution is 0.101. The maximum absolute atomic E-state index is 11.0. The smallest absolute Gasteiger partial charge is 0.177 e. The van der Waals surface area contributed by atoms with Crippen LogP contribution in [0, 0.1) is 0 Å². The third kappa shape index (κ3) is 1.65. The summed E-state index contributed by atoms with van der Waals surface area (Å²) in [5, 5.41) is 3.96. The van der Waals surface area contributed by atoms with Crippen LogP contribution in [0.3, 0.4) is 0 Å². The molecule has 0 amide bonds. The second-order valence-electron chi connectivity index (χ2n) is 2.84. The average molecular weight is 271 g/mol. The predicted octanol–water partition coefficient (Wildman–Crippen LogP) is 3.10. The van der Waals surface area contributed by atoms with E-state index in [0.29, 0.717) is 5.69 Å². The van der Waals surface area contributed by atoms with Gasteiger partial charge in [-0.05, 0) is 15.9 Å². The van der Waals surface area contributed by atoms with Crippen LogP contribution in [0.1, 0.15) is 17.4 Å². The number of nitrogens with one attached hydrogen (secondary N) is 1. The molecular weight excluding hydrogens is 264 g/mol. The number of nitrogens with zero attached hydrogens (tertiary/aromatic N) is 1. The van der Waals surface area contributed by atoms with Crippen molar-refractivity contribution in [1.82, 2.24) is 9.97 Å². The highest BCUT2D eigenvalue weighted by atomic mass is 79.9. The molecule has 5 heteroatoms. The Morgan fingerprint density at radius 2 is 2.36 bits per heavy atom. The number of hydrogen-bond donors (Lipinski definition) is 1. The van der Waals surface area contributed by atoms with Crippen LogP contribution >= 0.6 is 27.3 Å². The Labute approximate surface area is 93.3 Å². The lowest BCUT2D eigenvalue weighted by Gasteiger charge is -1.92. The standard InChI is InChI=1S/C9H7BrN2OS/c1-5(13)8-2-11-9(12-8)6-3-14-4-7(6)10/h2-4H,1H3,(H,11,12). The largest absolute Gasteiger partial charge is 0.336 e. The molecule has 0 spiro atoms. The first-order valence-electron chi connectivity index (χ1n) is 3.96. The summed E-state index contributed by atoms with van der Waals surface area (Å²) in [5.74, 6) is 0.721. The quantitative estimate of drug-likeness (QED) is 0.853. The first kappa shape index (κ1) is 9.61. The molecule has 14 heavy (non-hydrogen) atoms. The van der Waals surface area contributed by atoms with Crippen molar-refractivity contribution in [1.29, 1.82) is 0 Å². The topological polar surface area (TPSA) is 45.8 Å². The molecule has 2 rings (SSSR count). The van der Waals surface area contributed by atoms with Crippen LogP contribution in [-0.4, -0.2) is 15.8 Å². The third-order valence-electron chi connectivity index (χ3n) is 1.82. The molecule has 2 aromatic rings. The van der Waals surface area contributed by atoms with Crippen molar-refractivity contribution >= 4 is 33.0 Å². The summed E-state index contributed by atoms with van der Waals surface area (Å²) in [7, 11) is 0. The van der Waals surface area contributed by atoms with Crippen LogP contribution in [-0.2, 0) is 0 Å². The first-order valence-corrected chi connectivity index (χ1v) is 5.70. The summed E-state index contributed by atoms with van der Waals surface area (Å²) in [6, 6.07) is 0. The van der Waals surface area contributed by atoms with Crippen molar-refractivity contribution in [2.24, 2.45) is 0 Å². The van der Waals surface area contributed by atoms with Crippen LogP contribution in [0.4, 0.5) is 0 Å². The molecule has 0 radical (unpaired) electrons. The molecule has 0 bridgehead atoms. The Morgan fingerprint density at radius 3 is 2.86 bits per heavy atom. The number of imidazole rings is 1. The Bertz CT molecular complexity index is 475. The Morgan fingerprint density at radius 1 is 1.57 bits per heavy atom. The molecule has 3 nitrogen and oxygen atoms in total. The van der Waals surface area contributed by atoms with Crippen molar-refractivity contribution in [2.45, 2.75) is 6.92 Å². The lowest BCUT2D eigenvalue weighted by Crippen LogP contribution is -1.90. The fraction of sp³-hybridized carbons (Fsp3) is 0.111. The van der Waals surface area contributed by atoms with Gasteiger partial charge >= 0.3 is 0 Å². The fourth-order valence-corrected chi connectivity index (χ4v) is 2.55. The molecule has 0 fully saturated rings. The van der Waals surface area contributed by atoms with E-state index >= 15 is 0 Å². The molecule has 0 aliphatic rings. The number of thiophene rings is 1. The Balaban J connectivity index is 2.43. The van der Waals surface area contributed by atoms with E-state index in [4.69, 9.17) is 0 Å². The van der Waals surface area contributed by atoms with Crippen molar-refractivity contribution < 1.29 is 4.79 Å². The number of ketones is 1. The highest BCUT2D eigenvalue weighted by Gasteiger charge is 2.09. The maximum Gasteiger partial charge on any atom is 0.177 e. The zero-order valence-corrected chi connectivity index (χ0v) is 9.78. The highest BCUT2D eigenvalue weighted by molar-refractivity contribution is 9.10. The monoisotopic (exact) mass is 270 g/mol. The highest BCUT2D eigenvalue weighted by Crippen LogP contribution is 2.29. The summed E-state index contributed by atoms with van der Waals surface area (Å²) >= 11 is 5.00. The Hall–Kier alpha value is -0.940. The van der Waals surface area contributed by atoms with E-state index < -0.39 is 0 Å². The molecule has 0 aliphatic carbocycles. The van der Waals surface area contributed by atoms with Gasteiger partial charge in [-0.1, -0.05) is 0 Å². The van der Waals surface area contributed by atoms with Crippen molar-refractivity contribution in [3.05, 3.63) is 27.1 Å². The number of halogens is 1. The summed E-state index contributed by atoms with van der Waals surface area (Å²) in [6.07, 6.45) is 1.56. The van der Waals surface area contributed by atoms with E-state index in [0.717, 1.165) is 15.9 Å². The van der Waals surface area contributed by atoms with Gasteiger partial charge in [0.2, 0.25) is 0 Å². The van der Waals surface area contributed by atoms with Gasteiger partial charge in [0.1, 0.15) is 11.5 Å². The van der Waals surface area contributed by atoms with E-state index in [-0.39, 0.29) is 5.78 Å². The summed E-state index contributed by atoms with van der Waals surface area (Å²) in [5.41, 5.74) is 1.53. The van der Waals surface area contributed by atoms with Crippen molar-refractivity contribution in [3.63, 3.8) is 0 Å². The summed E-state index contributed by atoms with van der Waals surface area (Å²) < 4.78 is 0.993. The number of aromatic amines is 1. The van der Waals surface area contributed by atoms with E-state index in [9.17, 15) is 4.79 Å². The number of Topliss-reactive ketones (excluding diaryl/α,β-unsaturated/α-hetero) is 1. The van der Waals surface area contributed by atoms with Crippen molar-refractivity contribution in [3.8, 4) is 11.4 Å². The van der Waals surface area contributed by atoms with Gasteiger partial charge in [-0.25, -0.2) is 4.98 Å². The second kappa shape index (κ2) is 3.67. The maximum atomic E-state index is 11.0. The zero-order valence-electron chi connectivity index (χ0n) is 7.37. The predicted molar refractivity (Wildman–Crippen MR) is 59.6 cm³/mol. The van der Waals surface area contributed by atoms with Gasteiger partial charge in [0, 0.05) is 27.7 Å². The van der Waals surface area contributed by atoms with Gasteiger partial charge in [0.05, 0.1) is 6.20 Å². The normalized spacial score (nSPS) is 10.4. The number of carbonyl (C=O) groups excluding carboxylic acids is 1. The molecule has 0 aromatic carbocycles. The molecule has 0 atom stereocenters. The fourth-order valence-electron chi connectivity index (χ4n) is 1.09. The minimum atomic E-state index is -0.00454. The van der Waals surface area contributed by atoms with Gasteiger partial charge in [0.25, 0.3) is 0 Å².